The number of hydrogen-bond donors (Lipinski definition) is 1. The summed E-state index contributed by atoms with van der Waals surface area (Å²) in [6.07, 6.45) is 0.860. The number of rotatable bonds is 7. The van der Waals surface area contributed by atoms with Crippen LogP contribution in [-0.4, -0.2) is 26.4 Å². The van der Waals surface area contributed by atoms with Crippen LogP contribution in [0.3, 0.4) is 0 Å². The topological polar surface area (TPSA) is 59.8 Å². The number of para-hydroxylation sites is 1. The van der Waals surface area contributed by atoms with Gasteiger partial charge in [-0.25, -0.2) is 0 Å². The van der Waals surface area contributed by atoms with Gasteiger partial charge in [0.25, 0.3) is 0 Å². The van der Waals surface area contributed by atoms with Crippen molar-refractivity contribution in [1.29, 1.82) is 0 Å². The quantitative estimate of drug-likeness (QED) is 0.351. The highest BCUT2D eigenvalue weighted by atomic mass is 35.5. The Bertz CT molecular complexity index is 1140. The highest BCUT2D eigenvalue weighted by Crippen LogP contribution is 2.31. The fourth-order valence-corrected chi connectivity index (χ4v) is 4.59. The van der Waals surface area contributed by atoms with Gasteiger partial charge in [0.1, 0.15) is 0 Å². The van der Waals surface area contributed by atoms with Crippen LogP contribution in [0.2, 0.25) is 5.02 Å². The van der Waals surface area contributed by atoms with E-state index in [9.17, 15) is 4.79 Å². The van der Waals surface area contributed by atoms with Crippen LogP contribution in [0, 0.1) is 0 Å². The van der Waals surface area contributed by atoms with E-state index in [0.717, 1.165) is 34.1 Å². The minimum Gasteiger partial charge on any atom is -0.325 e. The maximum Gasteiger partial charge on any atom is 0.234 e. The Hall–Kier alpha value is -2.61. The minimum absolute atomic E-state index is 0.0794. The molecule has 0 unspecified atom stereocenters. The summed E-state index contributed by atoms with van der Waals surface area (Å²) in [5.41, 5.74) is 2.86. The van der Waals surface area contributed by atoms with Crippen molar-refractivity contribution in [3.8, 4) is 16.4 Å². The molecule has 4 rings (SSSR count). The van der Waals surface area contributed by atoms with E-state index in [1.807, 2.05) is 70.6 Å². The van der Waals surface area contributed by atoms with Crippen molar-refractivity contribution in [3.63, 3.8) is 0 Å². The first-order valence-electron chi connectivity index (χ1n) is 9.41. The zero-order valence-corrected chi connectivity index (χ0v) is 18.6. The standard InChI is InChI=1S/C22H19ClN4OS2/c1-2-15-6-3-4-7-18(15)24-20(28)14-30-22-26-25-21(19-8-5-13-29-19)27(22)17-11-9-16(23)10-12-17/h3-13H,2,14H2,1H3,(H,24,28). The van der Waals surface area contributed by atoms with E-state index in [4.69, 9.17) is 11.6 Å². The highest BCUT2D eigenvalue weighted by molar-refractivity contribution is 7.99. The molecule has 0 aliphatic carbocycles. The predicted molar refractivity (Wildman–Crippen MR) is 125 cm³/mol. The van der Waals surface area contributed by atoms with Crippen LogP contribution in [0.1, 0.15) is 12.5 Å². The molecule has 0 aliphatic heterocycles. The number of carbonyl (C=O) groups is 1. The molecule has 5 nitrogen and oxygen atoms in total. The molecule has 0 saturated carbocycles. The molecule has 152 valence electrons. The van der Waals surface area contributed by atoms with Crippen molar-refractivity contribution >= 4 is 46.3 Å². The number of halogens is 1. The Morgan fingerprint density at radius 1 is 1.10 bits per heavy atom. The second-order valence-electron chi connectivity index (χ2n) is 6.44. The monoisotopic (exact) mass is 454 g/mol. The number of thiophene rings is 1. The predicted octanol–water partition coefficient (Wildman–Crippen LogP) is 5.94. The number of thioether (sulfide) groups is 1. The zero-order valence-electron chi connectivity index (χ0n) is 16.2. The molecular formula is C22H19ClN4OS2. The summed E-state index contributed by atoms with van der Waals surface area (Å²) >= 11 is 9.01. The van der Waals surface area contributed by atoms with Gasteiger partial charge in [-0.1, -0.05) is 54.6 Å². The van der Waals surface area contributed by atoms with Crippen molar-refractivity contribution in [1.82, 2.24) is 14.8 Å². The fourth-order valence-electron chi connectivity index (χ4n) is 3.02. The molecule has 2 heterocycles. The van der Waals surface area contributed by atoms with Gasteiger partial charge < -0.3 is 5.32 Å². The molecule has 0 bridgehead atoms. The van der Waals surface area contributed by atoms with Crippen LogP contribution in [0.4, 0.5) is 5.69 Å². The number of carbonyl (C=O) groups excluding carboxylic acids is 1. The molecule has 2 aromatic heterocycles. The third-order valence-corrected chi connectivity index (χ3v) is 6.51. The fraction of sp³-hybridized carbons (Fsp3) is 0.136. The van der Waals surface area contributed by atoms with Gasteiger partial charge in [0.15, 0.2) is 11.0 Å². The maximum absolute atomic E-state index is 12.6. The first-order valence-corrected chi connectivity index (χ1v) is 11.7. The van der Waals surface area contributed by atoms with Crippen LogP contribution >= 0.6 is 34.7 Å². The van der Waals surface area contributed by atoms with Crippen LogP contribution in [0.25, 0.3) is 16.4 Å². The van der Waals surface area contributed by atoms with Gasteiger partial charge in [-0.3, -0.25) is 9.36 Å². The molecule has 0 saturated heterocycles. The van der Waals surface area contributed by atoms with Crippen LogP contribution < -0.4 is 5.32 Å². The number of nitrogens with zero attached hydrogens (tertiary/aromatic N) is 3. The molecule has 8 heteroatoms. The van der Waals surface area contributed by atoms with Crippen molar-refractivity contribution in [2.45, 2.75) is 18.5 Å². The van der Waals surface area contributed by atoms with Crippen LogP contribution in [0.5, 0.6) is 0 Å². The van der Waals surface area contributed by atoms with Gasteiger partial charge >= 0.3 is 0 Å². The van der Waals surface area contributed by atoms with Gasteiger partial charge in [0, 0.05) is 16.4 Å². The van der Waals surface area contributed by atoms with Gasteiger partial charge in [0.2, 0.25) is 5.91 Å². The molecule has 0 atom stereocenters. The molecule has 30 heavy (non-hydrogen) atoms. The average molecular weight is 455 g/mol. The SMILES string of the molecule is CCc1ccccc1NC(=O)CSc1nnc(-c2cccs2)n1-c1ccc(Cl)cc1. The lowest BCUT2D eigenvalue weighted by Crippen LogP contribution is -2.15. The Morgan fingerprint density at radius 3 is 2.63 bits per heavy atom. The second-order valence-corrected chi connectivity index (χ2v) is 8.77. The van der Waals surface area contributed by atoms with Crippen molar-refractivity contribution in [3.05, 3.63) is 76.6 Å². The summed E-state index contributed by atoms with van der Waals surface area (Å²) in [6, 6.07) is 19.3. The number of aryl methyl sites for hydroxylation is 1. The largest absolute Gasteiger partial charge is 0.325 e. The number of nitrogens with one attached hydrogen (secondary N) is 1. The number of benzene rings is 2. The summed E-state index contributed by atoms with van der Waals surface area (Å²) in [5.74, 6) is 0.893. The highest BCUT2D eigenvalue weighted by Gasteiger charge is 2.18. The van der Waals surface area contributed by atoms with Gasteiger partial charge in [-0.2, -0.15) is 0 Å². The number of amides is 1. The zero-order chi connectivity index (χ0) is 20.9. The van der Waals surface area contributed by atoms with E-state index in [1.165, 1.54) is 11.8 Å². The molecule has 0 aliphatic rings. The Balaban J connectivity index is 1.57. The third-order valence-electron chi connectivity index (χ3n) is 4.46. The average Bonchev–Trinajstić information content (AvgIpc) is 3.43. The minimum atomic E-state index is -0.0794. The van der Waals surface area contributed by atoms with Crippen molar-refractivity contribution in [2.75, 3.05) is 11.1 Å². The van der Waals surface area contributed by atoms with Gasteiger partial charge in [-0.05, 0) is 53.8 Å². The van der Waals surface area contributed by atoms with E-state index in [-0.39, 0.29) is 11.7 Å². The molecule has 1 N–H and O–H groups in total. The Morgan fingerprint density at radius 2 is 1.90 bits per heavy atom. The van der Waals surface area contributed by atoms with Gasteiger partial charge in [-0.15, -0.1) is 21.5 Å². The smallest absolute Gasteiger partial charge is 0.234 e. The first-order chi connectivity index (χ1) is 14.7. The molecule has 1 amide bonds. The van der Waals surface area contributed by atoms with Crippen LogP contribution in [-0.2, 0) is 11.2 Å². The Labute approximate surface area is 188 Å². The second kappa shape index (κ2) is 9.47. The molecule has 0 spiro atoms. The van der Waals surface area contributed by atoms with E-state index >= 15 is 0 Å². The summed E-state index contributed by atoms with van der Waals surface area (Å²) < 4.78 is 1.96. The van der Waals surface area contributed by atoms with E-state index < -0.39 is 0 Å². The number of hydrogen-bond acceptors (Lipinski definition) is 5. The normalized spacial score (nSPS) is 10.9. The first kappa shape index (κ1) is 20.7. The summed E-state index contributed by atoms with van der Waals surface area (Å²) in [4.78, 5) is 13.6. The van der Waals surface area contributed by atoms with Crippen molar-refractivity contribution < 1.29 is 4.79 Å². The molecule has 2 aromatic carbocycles. The van der Waals surface area contributed by atoms with E-state index in [0.29, 0.717) is 10.2 Å². The van der Waals surface area contributed by atoms with Gasteiger partial charge in [0.05, 0.1) is 10.6 Å². The molecule has 0 radical (unpaired) electrons. The third kappa shape index (κ3) is 4.59. The maximum atomic E-state index is 12.6. The molecule has 4 aromatic rings. The summed E-state index contributed by atoms with van der Waals surface area (Å²) in [7, 11) is 0. The number of aromatic nitrogens is 3. The lowest BCUT2D eigenvalue weighted by molar-refractivity contribution is -0.113. The summed E-state index contributed by atoms with van der Waals surface area (Å²) in [6.45, 7) is 2.07. The van der Waals surface area contributed by atoms with E-state index in [1.54, 1.807) is 11.3 Å². The summed E-state index contributed by atoms with van der Waals surface area (Å²) in [5, 5.41) is 15.1. The Kier molecular flexibility index (Phi) is 6.52. The lowest BCUT2D eigenvalue weighted by atomic mass is 10.1. The van der Waals surface area contributed by atoms with Crippen LogP contribution in [0.15, 0.2) is 71.2 Å². The lowest BCUT2D eigenvalue weighted by Gasteiger charge is -2.11. The molecular weight excluding hydrogens is 436 g/mol. The molecule has 0 fully saturated rings. The number of anilines is 1. The van der Waals surface area contributed by atoms with Crippen molar-refractivity contribution in [2.24, 2.45) is 0 Å². The van der Waals surface area contributed by atoms with E-state index in [2.05, 4.69) is 22.4 Å².